The molecule has 0 fully saturated rings. The molecule has 29 heavy (non-hydrogen) atoms. The van der Waals surface area contributed by atoms with E-state index in [-0.39, 0.29) is 11.8 Å². The van der Waals surface area contributed by atoms with Crippen molar-refractivity contribution in [2.45, 2.75) is 13.3 Å². The topological polar surface area (TPSA) is 67.4 Å². The van der Waals surface area contributed by atoms with Gasteiger partial charge in [0.15, 0.2) is 0 Å². The largest absolute Gasteiger partial charge is 0.494 e. The molecule has 0 atom stereocenters. The lowest BCUT2D eigenvalue weighted by molar-refractivity contribution is 0.0952. The van der Waals surface area contributed by atoms with E-state index in [9.17, 15) is 9.59 Å². The highest BCUT2D eigenvalue weighted by atomic mass is 16.5. The van der Waals surface area contributed by atoms with E-state index in [1.807, 2.05) is 49.4 Å². The SMILES string of the molecule is CCOc1ccc(NC(=O)c2ccc(C(=O)NCCc3ccccc3)cc2)cc1. The van der Waals surface area contributed by atoms with Crippen molar-refractivity contribution in [3.63, 3.8) is 0 Å². The maximum atomic E-state index is 12.4. The average molecular weight is 388 g/mol. The molecule has 3 aromatic carbocycles. The van der Waals surface area contributed by atoms with Gasteiger partial charge in [0.25, 0.3) is 11.8 Å². The summed E-state index contributed by atoms with van der Waals surface area (Å²) in [5.74, 6) is 0.373. The van der Waals surface area contributed by atoms with Gasteiger partial charge >= 0.3 is 0 Å². The third-order valence-corrected chi connectivity index (χ3v) is 4.37. The third kappa shape index (κ3) is 5.94. The van der Waals surface area contributed by atoms with Gasteiger partial charge in [-0.3, -0.25) is 9.59 Å². The Labute approximate surface area is 170 Å². The van der Waals surface area contributed by atoms with E-state index in [4.69, 9.17) is 4.74 Å². The van der Waals surface area contributed by atoms with Crippen LogP contribution in [0.15, 0.2) is 78.9 Å². The van der Waals surface area contributed by atoms with Crippen LogP contribution in [0.2, 0.25) is 0 Å². The molecule has 0 saturated carbocycles. The van der Waals surface area contributed by atoms with Crippen LogP contribution < -0.4 is 15.4 Å². The van der Waals surface area contributed by atoms with Crippen molar-refractivity contribution in [2.24, 2.45) is 0 Å². The minimum atomic E-state index is -0.231. The normalized spacial score (nSPS) is 10.2. The molecule has 0 aromatic heterocycles. The first-order chi connectivity index (χ1) is 14.2. The average Bonchev–Trinajstić information content (AvgIpc) is 2.76. The molecule has 0 saturated heterocycles. The Morgan fingerprint density at radius 3 is 2.03 bits per heavy atom. The summed E-state index contributed by atoms with van der Waals surface area (Å²) in [6.45, 7) is 3.07. The number of ether oxygens (including phenoxy) is 1. The Bertz CT molecular complexity index is 936. The van der Waals surface area contributed by atoms with Crippen molar-refractivity contribution in [1.29, 1.82) is 0 Å². The number of carbonyl (C=O) groups is 2. The fourth-order valence-corrected chi connectivity index (χ4v) is 2.84. The number of hydrogen-bond acceptors (Lipinski definition) is 3. The molecule has 0 aliphatic heterocycles. The molecule has 2 N–H and O–H groups in total. The highest BCUT2D eigenvalue weighted by Gasteiger charge is 2.09. The van der Waals surface area contributed by atoms with Gasteiger partial charge in [-0.25, -0.2) is 0 Å². The first-order valence-electron chi connectivity index (χ1n) is 9.62. The Balaban J connectivity index is 1.51. The summed E-state index contributed by atoms with van der Waals surface area (Å²) in [6, 6.07) is 23.8. The number of nitrogens with one attached hydrogen (secondary N) is 2. The predicted molar refractivity (Wildman–Crippen MR) is 114 cm³/mol. The minimum absolute atomic E-state index is 0.153. The summed E-state index contributed by atoms with van der Waals surface area (Å²) in [6.07, 6.45) is 0.773. The summed E-state index contributed by atoms with van der Waals surface area (Å²) in [5.41, 5.74) is 2.87. The Kier molecular flexibility index (Phi) is 7.00. The second-order valence-corrected chi connectivity index (χ2v) is 6.48. The van der Waals surface area contributed by atoms with E-state index < -0.39 is 0 Å². The Hall–Kier alpha value is -3.60. The molecule has 0 radical (unpaired) electrons. The summed E-state index contributed by atoms with van der Waals surface area (Å²) in [7, 11) is 0. The summed E-state index contributed by atoms with van der Waals surface area (Å²) in [5, 5.41) is 5.73. The molecule has 0 aliphatic rings. The van der Waals surface area contributed by atoms with Crippen molar-refractivity contribution in [2.75, 3.05) is 18.5 Å². The Morgan fingerprint density at radius 2 is 1.41 bits per heavy atom. The van der Waals surface area contributed by atoms with Crippen molar-refractivity contribution < 1.29 is 14.3 Å². The predicted octanol–water partition coefficient (Wildman–Crippen LogP) is 4.31. The van der Waals surface area contributed by atoms with Crippen molar-refractivity contribution in [3.05, 3.63) is 95.6 Å². The molecule has 148 valence electrons. The lowest BCUT2D eigenvalue weighted by Crippen LogP contribution is -2.25. The van der Waals surface area contributed by atoms with E-state index in [1.54, 1.807) is 36.4 Å². The third-order valence-electron chi connectivity index (χ3n) is 4.37. The minimum Gasteiger partial charge on any atom is -0.494 e. The number of hydrogen-bond donors (Lipinski definition) is 2. The second kappa shape index (κ2) is 10.1. The maximum absolute atomic E-state index is 12.4. The summed E-state index contributed by atoms with van der Waals surface area (Å²) in [4.78, 5) is 24.7. The van der Waals surface area contributed by atoms with E-state index in [0.29, 0.717) is 30.0 Å². The number of amides is 2. The molecule has 3 rings (SSSR count). The van der Waals surface area contributed by atoms with Gasteiger partial charge in [0, 0.05) is 23.4 Å². The van der Waals surface area contributed by atoms with Gasteiger partial charge in [-0.15, -0.1) is 0 Å². The fourth-order valence-electron chi connectivity index (χ4n) is 2.84. The van der Waals surface area contributed by atoms with Crippen LogP contribution >= 0.6 is 0 Å². The van der Waals surface area contributed by atoms with Crippen molar-refractivity contribution in [3.8, 4) is 5.75 Å². The van der Waals surface area contributed by atoms with E-state index in [2.05, 4.69) is 10.6 Å². The van der Waals surface area contributed by atoms with Crippen LogP contribution in [0.1, 0.15) is 33.2 Å². The van der Waals surface area contributed by atoms with E-state index >= 15 is 0 Å². The zero-order chi connectivity index (χ0) is 20.5. The first-order valence-corrected chi connectivity index (χ1v) is 9.62. The van der Waals surface area contributed by atoms with Crippen LogP contribution in [0.3, 0.4) is 0 Å². The monoisotopic (exact) mass is 388 g/mol. The van der Waals surface area contributed by atoms with Gasteiger partial charge in [0.2, 0.25) is 0 Å². The second-order valence-electron chi connectivity index (χ2n) is 6.48. The van der Waals surface area contributed by atoms with Crippen LogP contribution in [0.5, 0.6) is 5.75 Å². The number of benzene rings is 3. The highest BCUT2D eigenvalue weighted by Crippen LogP contribution is 2.16. The zero-order valence-corrected chi connectivity index (χ0v) is 16.4. The standard InChI is InChI=1S/C24H24N2O3/c1-2-29-22-14-12-21(13-15-22)26-24(28)20-10-8-19(9-11-20)23(27)25-17-16-18-6-4-3-5-7-18/h3-15H,2,16-17H2,1H3,(H,25,27)(H,26,28). The van der Waals surface area contributed by atoms with Crippen LogP contribution in [0, 0.1) is 0 Å². The van der Waals surface area contributed by atoms with E-state index in [0.717, 1.165) is 12.2 Å². The van der Waals surface area contributed by atoms with Gasteiger partial charge in [-0.1, -0.05) is 30.3 Å². The van der Waals surface area contributed by atoms with Crippen molar-refractivity contribution >= 4 is 17.5 Å². The molecule has 3 aromatic rings. The number of carbonyl (C=O) groups excluding carboxylic acids is 2. The first kappa shape index (κ1) is 20.1. The van der Waals surface area contributed by atoms with Crippen LogP contribution in [0.25, 0.3) is 0 Å². The molecule has 0 spiro atoms. The highest BCUT2D eigenvalue weighted by molar-refractivity contribution is 6.05. The molecular weight excluding hydrogens is 364 g/mol. The smallest absolute Gasteiger partial charge is 0.255 e. The van der Waals surface area contributed by atoms with Gasteiger partial charge in [-0.05, 0) is 67.4 Å². The van der Waals surface area contributed by atoms with Crippen LogP contribution in [0.4, 0.5) is 5.69 Å². The van der Waals surface area contributed by atoms with Gasteiger partial charge < -0.3 is 15.4 Å². The lowest BCUT2D eigenvalue weighted by atomic mass is 10.1. The lowest BCUT2D eigenvalue weighted by Gasteiger charge is -2.08. The zero-order valence-electron chi connectivity index (χ0n) is 16.4. The number of anilines is 1. The van der Waals surface area contributed by atoms with Gasteiger partial charge in [0.1, 0.15) is 5.75 Å². The molecular formula is C24H24N2O3. The Morgan fingerprint density at radius 1 is 0.793 bits per heavy atom. The molecule has 5 nitrogen and oxygen atoms in total. The molecule has 0 aliphatic carbocycles. The quantitative estimate of drug-likeness (QED) is 0.604. The van der Waals surface area contributed by atoms with Gasteiger partial charge in [-0.2, -0.15) is 0 Å². The molecule has 0 heterocycles. The van der Waals surface area contributed by atoms with E-state index in [1.165, 1.54) is 5.56 Å². The molecule has 0 unspecified atom stereocenters. The maximum Gasteiger partial charge on any atom is 0.255 e. The summed E-state index contributed by atoms with van der Waals surface area (Å²) >= 11 is 0. The van der Waals surface area contributed by atoms with Crippen LogP contribution in [-0.4, -0.2) is 25.0 Å². The van der Waals surface area contributed by atoms with Crippen LogP contribution in [-0.2, 0) is 6.42 Å². The molecule has 0 bridgehead atoms. The number of rotatable bonds is 8. The van der Waals surface area contributed by atoms with Crippen molar-refractivity contribution in [1.82, 2.24) is 5.32 Å². The summed E-state index contributed by atoms with van der Waals surface area (Å²) < 4.78 is 5.39. The fraction of sp³-hybridized carbons (Fsp3) is 0.167. The molecule has 5 heteroatoms. The van der Waals surface area contributed by atoms with Gasteiger partial charge in [0.05, 0.1) is 6.61 Å². The molecule has 2 amide bonds.